The first-order valence-electron chi connectivity index (χ1n) is 15.2. The Balaban J connectivity index is 1.22. The van der Waals surface area contributed by atoms with Gasteiger partial charge in [-0.15, -0.1) is 0 Å². The van der Waals surface area contributed by atoms with Crippen LogP contribution in [0.3, 0.4) is 0 Å². The lowest BCUT2D eigenvalue weighted by atomic mass is 9.70. The Labute approximate surface area is 238 Å². The Kier molecular flexibility index (Phi) is 9.34. The van der Waals surface area contributed by atoms with Gasteiger partial charge in [-0.2, -0.15) is 0 Å². The average Bonchev–Trinajstić information content (AvgIpc) is 2.99. The fourth-order valence-electron chi connectivity index (χ4n) is 6.86. The molecule has 1 saturated carbocycles. The molecular weight excluding hydrogens is 500 g/mol. The minimum absolute atomic E-state index is 0.219. The Morgan fingerprint density at radius 2 is 1.45 bits per heavy atom. The van der Waals surface area contributed by atoms with Crippen LogP contribution in [-0.2, 0) is 6.32 Å². The van der Waals surface area contributed by atoms with Crippen molar-refractivity contribution in [2.24, 2.45) is 17.8 Å². The number of hydrogen-bond donors (Lipinski definition) is 0. The predicted octanol–water partition coefficient (Wildman–Crippen LogP) is 9.92. The summed E-state index contributed by atoms with van der Waals surface area (Å²) in [6.45, 7) is 2.10. The first-order chi connectivity index (χ1) is 19.5. The Hall–Kier alpha value is -3.01. The van der Waals surface area contributed by atoms with E-state index in [1.165, 1.54) is 50.5 Å². The summed E-state index contributed by atoms with van der Waals surface area (Å²) >= 11 is 0. The smallest absolute Gasteiger partial charge is 0.166 e. The van der Waals surface area contributed by atoms with Gasteiger partial charge in [0.25, 0.3) is 0 Å². The Morgan fingerprint density at radius 1 is 0.775 bits per heavy atom. The molecule has 40 heavy (non-hydrogen) atoms. The van der Waals surface area contributed by atoms with Crippen molar-refractivity contribution in [3.8, 4) is 22.3 Å². The number of halogens is 3. The third-order valence-corrected chi connectivity index (χ3v) is 9.38. The molecule has 0 saturated heterocycles. The Bertz CT molecular complexity index is 1360. The van der Waals surface area contributed by atoms with Crippen LogP contribution >= 0.6 is 0 Å². The quantitative estimate of drug-likeness (QED) is 0.197. The summed E-state index contributed by atoms with van der Waals surface area (Å²) in [4.78, 5) is 0. The molecule has 0 aliphatic heterocycles. The number of rotatable bonds is 8. The summed E-state index contributed by atoms with van der Waals surface area (Å²) in [6, 6.07) is 15.8. The lowest BCUT2D eigenvalue weighted by molar-refractivity contribution is 0.190. The van der Waals surface area contributed by atoms with Crippen LogP contribution in [0.4, 0.5) is 13.2 Å². The molecule has 4 heteroatoms. The molecule has 0 spiro atoms. The Morgan fingerprint density at radius 3 is 2.08 bits per heavy atom. The first-order valence-corrected chi connectivity index (χ1v) is 15.2. The molecule has 1 fully saturated rings. The summed E-state index contributed by atoms with van der Waals surface area (Å²) in [5.74, 6) is 0.618. The van der Waals surface area contributed by atoms with Crippen molar-refractivity contribution in [1.82, 2.24) is 0 Å². The van der Waals surface area contributed by atoms with Gasteiger partial charge in [0.05, 0.1) is 0 Å². The van der Waals surface area contributed by atoms with E-state index in [1.807, 2.05) is 12.1 Å². The predicted molar refractivity (Wildman–Crippen MR) is 164 cm³/mol. The number of hydrogen-bond acceptors (Lipinski definition) is 0. The monoisotopic (exact) mass is 540 g/mol. The lowest BCUT2D eigenvalue weighted by Gasteiger charge is -2.35. The van der Waals surface area contributed by atoms with Gasteiger partial charge in [-0.3, -0.25) is 0 Å². The van der Waals surface area contributed by atoms with Crippen molar-refractivity contribution in [3.05, 3.63) is 101 Å². The highest BCUT2D eigenvalue weighted by Gasteiger charge is 2.28. The first kappa shape index (κ1) is 28.5. The molecule has 0 aromatic heterocycles. The molecule has 2 aliphatic carbocycles. The largest absolute Gasteiger partial charge is 0.206 e. The molecule has 208 valence electrons. The maximum atomic E-state index is 15.3. The van der Waals surface area contributed by atoms with Gasteiger partial charge in [0.15, 0.2) is 11.6 Å². The highest BCUT2D eigenvalue weighted by Crippen LogP contribution is 2.42. The van der Waals surface area contributed by atoms with E-state index in [9.17, 15) is 8.78 Å². The van der Waals surface area contributed by atoms with Crippen LogP contribution in [0.15, 0.2) is 72.8 Å². The van der Waals surface area contributed by atoms with Crippen LogP contribution in [0.25, 0.3) is 27.8 Å². The summed E-state index contributed by atoms with van der Waals surface area (Å²) in [5.41, 5.74) is 4.62. The molecule has 0 radical (unpaired) electrons. The van der Waals surface area contributed by atoms with Crippen LogP contribution < -0.4 is 0 Å². The van der Waals surface area contributed by atoms with E-state index in [4.69, 9.17) is 0 Å². The fraction of sp³-hybridized carbons (Fsp3) is 0.389. The maximum absolute atomic E-state index is 15.3. The molecule has 5 rings (SSSR count). The molecular formula is C36H40BF3. The van der Waals surface area contributed by atoms with Crippen molar-refractivity contribution in [2.45, 2.75) is 71.0 Å². The van der Waals surface area contributed by atoms with E-state index in [0.29, 0.717) is 23.0 Å². The third-order valence-electron chi connectivity index (χ3n) is 9.38. The van der Waals surface area contributed by atoms with Gasteiger partial charge in [-0.25, -0.2) is 13.2 Å². The standard InChI is InChI=1S/C36H40BF3/c1-2-3-4-5-24-6-8-25(9-7-24)26-10-12-27(13-11-26)30-18-20-32(34(38)22-30)28-14-16-29(17-15-28)33-21-19-31(23-37)35(39)36(33)40/h2-3,12,14-22,24-26H,4-11,13,23,37H2,1H3/b3-2+. The lowest BCUT2D eigenvalue weighted by Crippen LogP contribution is -2.23. The SMILES string of the molecule is BCc1ccc(-c2ccc(-c3ccc(C4=CCC(C5CCC(CC/C=C/C)CC5)CC4)cc3F)cc2)c(F)c1F. The van der Waals surface area contributed by atoms with Crippen molar-refractivity contribution in [2.75, 3.05) is 0 Å². The van der Waals surface area contributed by atoms with Crippen molar-refractivity contribution >= 4 is 13.4 Å². The van der Waals surface area contributed by atoms with Gasteiger partial charge in [0, 0.05) is 11.1 Å². The van der Waals surface area contributed by atoms with Gasteiger partial charge >= 0.3 is 0 Å². The van der Waals surface area contributed by atoms with E-state index >= 15 is 4.39 Å². The van der Waals surface area contributed by atoms with Gasteiger partial charge < -0.3 is 0 Å². The maximum Gasteiger partial charge on any atom is 0.166 e. The second kappa shape index (κ2) is 13.1. The summed E-state index contributed by atoms with van der Waals surface area (Å²) < 4.78 is 44.2. The molecule has 3 aromatic rings. The fourth-order valence-corrected chi connectivity index (χ4v) is 6.86. The zero-order chi connectivity index (χ0) is 28.1. The summed E-state index contributed by atoms with van der Waals surface area (Å²) in [7, 11) is 1.80. The molecule has 0 heterocycles. The second-order valence-electron chi connectivity index (χ2n) is 11.7. The van der Waals surface area contributed by atoms with Crippen molar-refractivity contribution in [1.29, 1.82) is 0 Å². The van der Waals surface area contributed by atoms with Crippen LogP contribution in [0, 0.1) is 35.2 Å². The molecule has 1 atom stereocenters. The van der Waals surface area contributed by atoms with Crippen LogP contribution in [-0.4, -0.2) is 7.85 Å². The normalized spacial score (nSPS) is 21.5. The van der Waals surface area contributed by atoms with Crippen molar-refractivity contribution < 1.29 is 13.2 Å². The molecule has 2 aliphatic rings. The van der Waals surface area contributed by atoms with Gasteiger partial charge in [-0.05, 0) is 104 Å². The van der Waals surface area contributed by atoms with Crippen LogP contribution in [0.2, 0.25) is 0 Å². The molecule has 1 unspecified atom stereocenters. The minimum atomic E-state index is -0.835. The van der Waals surface area contributed by atoms with E-state index < -0.39 is 11.6 Å². The number of allylic oxidation sites excluding steroid dienone is 4. The molecule has 0 amide bonds. The van der Waals surface area contributed by atoms with E-state index in [2.05, 4.69) is 25.2 Å². The van der Waals surface area contributed by atoms with E-state index in [-0.39, 0.29) is 11.4 Å². The zero-order valence-electron chi connectivity index (χ0n) is 23.9. The van der Waals surface area contributed by atoms with Crippen molar-refractivity contribution in [3.63, 3.8) is 0 Å². The van der Waals surface area contributed by atoms with E-state index in [0.717, 1.165) is 41.7 Å². The third kappa shape index (κ3) is 6.32. The molecule has 0 bridgehead atoms. The highest BCUT2D eigenvalue weighted by molar-refractivity contribution is 6.08. The summed E-state index contributed by atoms with van der Waals surface area (Å²) in [5, 5.41) is 0. The zero-order valence-corrected chi connectivity index (χ0v) is 23.9. The minimum Gasteiger partial charge on any atom is -0.206 e. The number of benzene rings is 3. The highest BCUT2D eigenvalue weighted by atomic mass is 19.2. The average molecular weight is 541 g/mol. The van der Waals surface area contributed by atoms with Crippen LogP contribution in [0.5, 0.6) is 0 Å². The second-order valence-corrected chi connectivity index (χ2v) is 11.7. The van der Waals surface area contributed by atoms with E-state index in [1.54, 1.807) is 50.3 Å². The van der Waals surface area contributed by atoms with Gasteiger partial charge in [-0.1, -0.05) is 85.9 Å². The topological polar surface area (TPSA) is 0 Å². The van der Waals surface area contributed by atoms with Gasteiger partial charge in [0.2, 0.25) is 0 Å². The molecule has 0 nitrogen and oxygen atoms in total. The molecule has 0 N–H and O–H groups in total. The molecule has 3 aromatic carbocycles. The summed E-state index contributed by atoms with van der Waals surface area (Å²) in [6.07, 6.45) is 18.6. The van der Waals surface area contributed by atoms with Crippen LogP contribution in [0.1, 0.15) is 75.8 Å². The van der Waals surface area contributed by atoms with Gasteiger partial charge in [0.1, 0.15) is 13.7 Å².